The fourth-order valence-electron chi connectivity index (χ4n) is 3.37. The average molecular weight is 373 g/mol. The van der Waals surface area contributed by atoms with E-state index in [4.69, 9.17) is 4.74 Å². The standard InChI is InChI=1S/C18H19N3O6/c22-17(20-10-14(18(23)24)11-5-8-27-9-6-11)13-3-4-15(21(25)26)12-2-1-7-19-16(12)13/h1-4,7,11,14H,5-6,8-10H2,(H,20,22)(H,23,24). The van der Waals surface area contributed by atoms with Gasteiger partial charge in [-0.05, 0) is 37.0 Å². The van der Waals surface area contributed by atoms with Gasteiger partial charge in [0.2, 0.25) is 0 Å². The Kier molecular flexibility index (Phi) is 5.60. The molecule has 1 amide bonds. The second kappa shape index (κ2) is 8.09. The number of pyridine rings is 1. The van der Waals surface area contributed by atoms with E-state index in [0.29, 0.717) is 26.1 Å². The number of nitrogens with zero attached hydrogens (tertiary/aromatic N) is 2. The fraction of sp³-hybridized carbons (Fsp3) is 0.389. The van der Waals surface area contributed by atoms with Crippen molar-refractivity contribution >= 4 is 28.5 Å². The summed E-state index contributed by atoms with van der Waals surface area (Å²) in [7, 11) is 0. The number of non-ortho nitro benzene ring substituents is 1. The van der Waals surface area contributed by atoms with Crippen LogP contribution < -0.4 is 5.32 Å². The number of aromatic nitrogens is 1. The molecule has 27 heavy (non-hydrogen) atoms. The molecule has 2 aromatic rings. The molecule has 1 aliphatic rings. The molecule has 1 aromatic heterocycles. The molecule has 9 heteroatoms. The van der Waals surface area contributed by atoms with Crippen LogP contribution in [0, 0.1) is 22.0 Å². The molecule has 1 aliphatic heterocycles. The minimum Gasteiger partial charge on any atom is -0.481 e. The number of nitrogens with one attached hydrogen (secondary N) is 1. The van der Waals surface area contributed by atoms with Crippen molar-refractivity contribution in [2.45, 2.75) is 12.8 Å². The second-order valence-corrected chi connectivity index (χ2v) is 6.39. The molecule has 142 valence electrons. The third kappa shape index (κ3) is 4.03. The van der Waals surface area contributed by atoms with Gasteiger partial charge in [-0.2, -0.15) is 0 Å². The number of carboxylic acids is 1. The lowest BCUT2D eigenvalue weighted by molar-refractivity contribution is -0.383. The van der Waals surface area contributed by atoms with Crippen molar-refractivity contribution in [2.75, 3.05) is 19.8 Å². The maximum atomic E-state index is 12.6. The zero-order valence-electron chi connectivity index (χ0n) is 14.5. The van der Waals surface area contributed by atoms with E-state index >= 15 is 0 Å². The lowest BCUT2D eigenvalue weighted by Crippen LogP contribution is -2.39. The van der Waals surface area contributed by atoms with Gasteiger partial charge in [0, 0.05) is 32.0 Å². The molecule has 1 unspecified atom stereocenters. The Bertz CT molecular complexity index is 879. The number of carbonyl (C=O) groups is 2. The highest BCUT2D eigenvalue weighted by Crippen LogP contribution is 2.27. The number of carboxylic acid groups (broad SMARTS) is 1. The number of hydrogen-bond donors (Lipinski definition) is 2. The molecule has 3 rings (SSSR count). The van der Waals surface area contributed by atoms with E-state index in [-0.39, 0.29) is 34.6 Å². The smallest absolute Gasteiger partial charge is 0.308 e. The number of nitro benzene ring substituents is 1. The van der Waals surface area contributed by atoms with Gasteiger partial charge in [-0.1, -0.05) is 0 Å². The summed E-state index contributed by atoms with van der Waals surface area (Å²) in [6.07, 6.45) is 2.72. The number of nitro groups is 1. The van der Waals surface area contributed by atoms with Crippen molar-refractivity contribution < 1.29 is 24.4 Å². The maximum absolute atomic E-state index is 12.6. The summed E-state index contributed by atoms with van der Waals surface area (Å²) < 4.78 is 5.26. The van der Waals surface area contributed by atoms with Gasteiger partial charge in [-0.15, -0.1) is 0 Å². The van der Waals surface area contributed by atoms with Crippen LogP contribution in [0.2, 0.25) is 0 Å². The van der Waals surface area contributed by atoms with Gasteiger partial charge < -0.3 is 15.2 Å². The van der Waals surface area contributed by atoms with Gasteiger partial charge in [-0.25, -0.2) is 0 Å². The van der Waals surface area contributed by atoms with Crippen molar-refractivity contribution in [3.05, 3.63) is 46.1 Å². The molecule has 0 saturated carbocycles. The van der Waals surface area contributed by atoms with Crippen LogP contribution in [-0.2, 0) is 9.53 Å². The van der Waals surface area contributed by atoms with E-state index in [1.54, 1.807) is 6.07 Å². The van der Waals surface area contributed by atoms with Crippen LogP contribution in [0.25, 0.3) is 10.9 Å². The monoisotopic (exact) mass is 373 g/mol. The molecule has 2 heterocycles. The van der Waals surface area contributed by atoms with E-state index in [2.05, 4.69) is 10.3 Å². The maximum Gasteiger partial charge on any atom is 0.308 e. The van der Waals surface area contributed by atoms with Crippen molar-refractivity contribution in [3.63, 3.8) is 0 Å². The summed E-state index contributed by atoms with van der Waals surface area (Å²) in [4.78, 5) is 38.9. The summed E-state index contributed by atoms with van der Waals surface area (Å²) in [6, 6.07) is 5.68. The van der Waals surface area contributed by atoms with Crippen LogP contribution in [-0.4, -0.2) is 46.6 Å². The number of rotatable bonds is 6. The summed E-state index contributed by atoms with van der Waals surface area (Å²) >= 11 is 0. The summed E-state index contributed by atoms with van der Waals surface area (Å²) in [5.41, 5.74) is 0.245. The number of carbonyl (C=O) groups excluding carboxylic acids is 1. The van der Waals surface area contributed by atoms with Crippen molar-refractivity contribution in [1.29, 1.82) is 0 Å². The normalized spacial score (nSPS) is 16.0. The SMILES string of the molecule is O=C(NCC(C(=O)O)C1CCOCC1)c1ccc([N+](=O)[O-])c2cccnc12. The summed E-state index contributed by atoms with van der Waals surface area (Å²) in [6.45, 7) is 1.00. The van der Waals surface area contributed by atoms with Gasteiger partial charge in [0.05, 0.1) is 27.3 Å². The predicted molar refractivity (Wildman–Crippen MR) is 95.4 cm³/mol. The summed E-state index contributed by atoms with van der Waals surface area (Å²) in [5, 5.41) is 23.6. The van der Waals surface area contributed by atoms with Crippen LogP contribution in [0.1, 0.15) is 23.2 Å². The molecule has 1 atom stereocenters. The highest BCUT2D eigenvalue weighted by Gasteiger charge is 2.30. The highest BCUT2D eigenvalue weighted by atomic mass is 16.6. The van der Waals surface area contributed by atoms with E-state index in [1.807, 2.05) is 0 Å². The molecule has 2 N–H and O–H groups in total. The number of amides is 1. The molecule has 0 aliphatic carbocycles. The second-order valence-electron chi connectivity index (χ2n) is 6.39. The van der Waals surface area contributed by atoms with E-state index in [1.165, 1.54) is 24.4 Å². The van der Waals surface area contributed by atoms with E-state index in [9.17, 15) is 24.8 Å². The van der Waals surface area contributed by atoms with E-state index < -0.39 is 22.7 Å². The van der Waals surface area contributed by atoms with Crippen LogP contribution >= 0.6 is 0 Å². The topological polar surface area (TPSA) is 132 Å². The average Bonchev–Trinajstić information content (AvgIpc) is 2.67. The fourth-order valence-corrected chi connectivity index (χ4v) is 3.37. The van der Waals surface area contributed by atoms with Gasteiger partial charge in [0.15, 0.2) is 0 Å². The quantitative estimate of drug-likeness (QED) is 0.584. The Balaban J connectivity index is 1.80. The molecule has 0 spiro atoms. The number of benzene rings is 1. The number of aliphatic carboxylic acids is 1. The first kappa shape index (κ1) is 18.7. The molecule has 1 fully saturated rings. The van der Waals surface area contributed by atoms with Gasteiger partial charge >= 0.3 is 5.97 Å². The number of ether oxygens (including phenoxy) is 1. The first-order valence-electron chi connectivity index (χ1n) is 8.60. The van der Waals surface area contributed by atoms with E-state index in [0.717, 1.165) is 0 Å². The molecule has 0 radical (unpaired) electrons. The van der Waals surface area contributed by atoms with Crippen molar-refractivity contribution in [3.8, 4) is 0 Å². The number of hydrogen-bond acceptors (Lipinski definition) is 6. The van der Waals surface area contributed by atoms with Crippen molar-refractivity contribution in [2.24, 2.45) is 11.8 Å². The third-order valence-corrected chi connectivity index (χ3v) is 4.82. The lowest BCUT2D eigenvalue weighted by atomic mass is 9.86. The molecule has 1 saturated heterocycles. The predicted octanol–water partition coefficient (Wildman–Crippen LogP) is 2.00. The Morgan fingerprint density at radius 2 is 2.07 bits per heavy atom. The molecule has 1 aromatic carbocycles. The van der Waals surface area contributed by atoms with Crippen molar-refractivity contribution in [1.82, 2.24) is 10.3 Å². The minimum absolute atomic E-state index is 0.0237. The highest BCUT2D eigenvalue weighted by molar-refractivity contribution is 6.07. The van der Waals surface area contributed by atoms with Crippen LogP contribution in [0.15, 0.2) is 30.5 Å². The Morgan fingerprint density at radius 3 is 2.74 bits per heavy atom. The first-order valence-corrected chi connectivity index (χ1v) is 8.60. The third-order valence-electron chi connectivity index (χ3n) is 4.82. The van der Waals surface area contributed by atoms with Gasteiger partial charge in [0.25, 0.3) is 11.6 Å². The van der Waals surface area contributed by atoms with Crippen LogP contribution in [0.3, 0.4) is 0 Å². The number of fused-ring (bicyclic) bond motifs is 1. The Hall–Kier alpha value is -3.07. The molecule has 9 nitrogen and oxygen atoms in total. The molecule has 0 bridgehead atoms. The zero-order valence-corrected chi connectivity index (χ0v) is 14.5. The Morgan fingerprint density at radius 1 is 1.33 bits per heavy atom. The zero-order chi connectivity index (χ0) is 19.4. The molecular weight excluding hydrogens is 354 g/mol. The van der Waals surface area contributed by atoms with Gasteiger partial charge in [-0.3, -0.25) is 24.7 Å². The van der Waals surface area contributed by atoms with Crippen LogP contribution in [0.4, 0.5) is 5.69 Å². The summed E-state index contributed by atoms with van der Waals surface area (Å²) in [5.74, 6) is -2.25. The Labute approximate surface area is 154 Å². The molecular formula is C18H19N3O6. The minimum atomic E-state index is -0.964. The van der Waals surface area contributed by atoms with Crippen LogP contribution in [0.5, 0.6) is 0 Å². The lowest BCUT2D eigenvalue weighted by Gasteiger charge is -2.27. The first-order chi connectivity index (χ1) is 13.0. The van der Waals surface area contributed by atoms with Gasteiger partial charge in [0.1, 0.15) is 0 Å². The largest absolute Gasteiger partial charge is 0.481 e.